The van der Waals surface area contributed by atoms with Crippen LogP contribution in [-0.4, -0.2) is 50.7 Å². The zero-order valence-corrected chi connectivity index (χ0v) is 17.0. The molecule has 0 spiro atoms. The van der Waals surface area contributed by atoms with Crippen LogP contribution in [0.1, 0.15) is 24.4 Å². The van der Waals surface area contributed by atoms with Crippen molar-refractivity contribution in [3.8, 4) is 5.75 Å². The van der Waals surface area contributed by atoms with E-state index in [-0.39, 0.29) is 41.6 Å². The molecule has 0 bridgehead atoms. The maximum Gasteiger partial charge on any atom is 0.573 e. The summed E-state index contributed by atoms with van der Waals surface area (Å²) in [4.78, 5) is 2.39. The molecule has 2 aliphatic heterocycles. The third kappa shape index (κ3) is 6.84. The highest BCUT2D eigenvalue weighted by molar-refractivity contribution is 6.32. The number of halogens is 6. The first-order chi connectivity index (χ1) is 11.9. The molecule has 2 aliphatic rings. The lowest BCUT2D eigenvalue weighted by molar-refractivity contribution is -0.274. The van der Waals surface area contributed by atoms with Gasteiger partial charge in [0.15, 0.2) is 0 Å². The molecule has 0 saturated carbocycles. The van der Waals surface area contributed by atoms with Gasteiger partial charge in [-0.25, -0.2) is 0 Å². The third-order valence-corrected chi connectivity index (χ3v) is 5.08. The largest absolute Gasteiger partial charge is 0.573 e. The first-order valence-electron chi connectivity index (χ1n) is 8.52. The minimum Gasteiger partial charge on any atom is -0.404 e. The minimum atomic E-state index is -4.75. The fraction of sp³-hybridized carbons (Fsp3) is 0.647. The Labute approximate surface area is 174 Å². The molecule has 3 rings (SSSR count). The zero-order chi connectivity index (χ0) is 17.9. The van der Waals surface area contributed by atoms with Crippen LogP contribution in [0.25, 0.3) is 0 Å². The summed E-state index contributed by atoms with van der Waals surface area (Å²) in [6.07, 6.45) is -2.87. The molecule has 1 aromatic carbocycles. The van der Waals surface area contributed by atoms with Gasteiger partial charge >= 0.3 is 6.36 Å². The summed E-state index contributed by atoms with van der Waals surface area (Å²) in [6, 6.07) is 4.77. The normalized spacial score (nSPS) is 20.3. The summed E-state index contributed by atoms with van der Waals surface area (Å²) in [5, 5.41) is 3.32. The third-order valence-electron chi connectivity index (χ3n) is 4.78. The number of benzene rings is 1. The lowest BCUT2D eigenvalue weighted by Crippen LogP contribution is -2.47. The number of alkyl halides is 3. The summed E-state index contributed by atoms with van der Waals surface area (Å²) in [5.74, 6) is 0.0428. The second kappa shape index (κ2) is 10.9. The van der Waals surface area contributed by atoms with Crippen molar-refractivity contribution in [2.45, 2.75) is 25.2 Å². The molecule has 2 heterocycles. The van der Waals surface area contributed by atoms with Crippen LogP contribution in [0.2, 0.25) is 5.02 Å². The van der Waals surface area contributed by atoms with Crippen molar-refractivity contribution in [3.05, 3.63) is 28.8 Å². The van der Waals surface area contributed by atoms with Gasteiger partial charge in [0, 0.05) is 45.4 Å². The standard InChI is InChI=1S/C17H22ClF3N2O2.2ClH/c18-14-11-13(1-2-15(14)25-17(19,20)21)16(12-3-9-24-10-4-12)23-7-5-22-6-8-23;;/h1-2,11-12,16,22H,3-10H2;2*1H/t16-;;/m1../s1. The molecular formula is C17H24Cl3F3N2O2. The van der Waals surface area contributed by atoms with E-state index >= 15 is 0 Å². The molecule has 27 heavy (non-hydrogen) atoms. The Balaban J connectivity index is 0.00000182. The van der Waals surface area contributed by atoms with Gasteiger partial charge in [-0.05, 0) is 36.5 Å². The molecule has 0 amide bonds. The van der Waals surface area contributed by atoms with Crippen LogP contribution in [0.15, 0.2) is 18.2 Å². The highest BCUT2D eigenvalue weighted by atomic mass is 35.5. The molecule has 0 unspecified atom stereocenters. The van der Waals surface area contributed by atoms with Gasteiger partial charge in [-0.2, -0.15) is 0 Å². The monoisotopic (exact) mass is 450 g/mol. The van der Waals surface area contributed by atoms with E-state index in [4.69, 9.17) is 16.3 Å². The van der Waals surface area contributed by atoms with E-state index in [0.29, 0.717) is 5.92 Å². The summed E-state index contributed by atoms with van der Waals surface area (Å²) < 4.78 is 46.8. The number of piperazine rings is 1. The van der Waals surface area contributed by atoms with Crippen molar-refractivity contribution < 1.29 is 22.6 Å². The van der Waals surface area contributed by atoms with Crippen LogP contribution in [0.4, 0.5) is 13.2 Å². The Morgan fingerprint density at radius 3 is 2.33 bits per heavy atom. The first-order valence-corrected chi connectivity index (χ1v) is 8.89. The summed E-state index contributed by atoms with van der Waals surface area (Å²) in [5.41, 5.74) is 0.938. The molecule has 2 saturated heterocycles. The predicted molar refractivity (Wildman–Crippen MR) is 103 cm³/mol. The van der Waals surface area contributed by atoms with E-state index in [9.17, 15) is 13.2 Å². The van der Waals surface area contributed by atoms with Crippen LogP contribution in [0, 0.1) is 5.92 Å². The minimum absolute atomic E-state index is 0. The predicted octanol–water partition coefficient (Wildman–Crippen LogP) is 4.46. The Morgan fingerprint density at radius 2 is 1.78 bits per heavy atom. The number of hydrogen-bond acceptors (Lipinski definition) is 4. The molecule has 0 aliphatic carbocycles. The van der Waals surface area contributed by atoms with Gasteiger partial charge in [0.2, 0.25) is 0 Å². The molecule has 156 valence electrons. The Bertz CT molecular complexity index is 563. The van der Waals surface area contributed by atoms with Crippen molar-refractivity contribution in [2.75, 3.05) is 39.4 Å². The Kier molecular flexibility index (Phi) is 9.96. The van der Waals surface area contributed by atoms with E-state index in [1.165, 1.54) is 6.07 Å². The molecule has 0 radical (unpaired) electrons. The molecule has 4 nitrogen and oxygen atoms in total. The summed E-state index contributed by atoms with van der Waals surface area (Å²) >= 11 is 6.08. The van der Waals surface area contributed by atoms with Gasteiger partial charge in [0.05, 0.1) is 5.02 Å². The first kappa shape index (κ1) is 24.6. The average Bonchev–Trinajstić information content (AvgIpc) is 2.58. The Hall–Kier alpha value is -0.440. The van der Waals surface area contributed by atoms with Crippen LogP contribution in [-0.2, 0) is 4.74 Å². The van der Waals surface area contributed by atoms with E-state index in [1.807, 2.05) is 0 Å². The van der Waals surface area contributed by atoms with Crippen molar-refractivity contribution >= 4 is 36.4 Å². The highest BCUT2D eigenvalue weighted by Gasteiger charge is 2.34. The zero-order valence-electron chi connectivity index (χ0n) is 14.6. The van der Waals surface area contributed by atoms with Crippen molar-refractivity contribution in [1.29, 1.82) is 0 Å². The maximum atomic E-state index is 12.5. The van der Waals surface area contributed by atoms with Gasteiger partial charge in [-0.3, -0.25) is 4.90 Å². The summed E-state index contributed by atoms with van der Waals surface area (Å²) in [6.45, 7) is 5.05. The highest BCUT2D eigenvalue weighted by Crippen LogP contribution is 2.39. The number of ether oxygens (including phenoxy) is 2. The molecule has 1 atom stereocenters. The van der Waals surface area contributed by atoms with Crippen LogP contribution < -0.4 is 10.1 Å². The number of nitrogens with zero attached hydrogens (tertiary/aromatic N) is 1. The van der Waals surface area contributed by atoms with Crippen molar-refractivity contribution in [2.24, 2.45) is 5.92 Å². The van der Waals surface area contributed by atoms with Gasteiger partial charge in [-0.1, -0.05) is 17.7 Å². The van der Waals surface area contributed by atoms with Crippen LogP contribution in [0.3, 0.4) is 0 Å². The Morgan fingerprint density at radius 1 is 1.15 bits per heavy atom. The smallest absolute Gasteiger partial charge is 0.404 e. The maximum absolute atomic E-state index is 12.5. The van der Waals surface area contributed by atoms with E-state index in [1.54, 1.807) is 12.1 Å². The molecule has 1 aromatic rings. The van der Waals surface area contributed by atoms with E-state index in [2.05, 4.69) is 15.0 Å². The van der Waals surface area contributed by atoms with Crippen molar-refractivity contribution in [3.63, 3.8) is 0 Å². The molecule has 1 N–H and O–H groups in total. The lowest BCUT2D eigenvalue weighted by Gasteiger charge is -2.41. The van der Waals surface area contributed by atoms with E-state index < -0.39 is 6.36 Å². The molecule has 0 aromatic heterocycles. The summed E-state index contributed by atoms with van der Waals surface area (Å²) in [7, 11) is 0. The van der Waals surface area contributed by atoms with Crippen molar-refractivity contribution in [1.82, 2.24) is 10.2 Å². The molecular weight excluding hydrogens is 428 g/mol. The lowest BCUT2D eigenvalue weighted by atomic mass is 9.85. The topological polar surface area (TPSA) is 33.7 Å². The fourth-order valence-electron chi connectivity index (χ4n) is 3.68. The second-order valence-electron chi connectivity index (χ2n) is 6.42. The van der Waals surface area contributed by atoms with Gasteiger partial charge in [0.25, 0.3) is 0 Å². The van der Waals surface area contributed by atoms with Gasteiger partial charge in [-0.15, -0.1) is 38.0 Å². The van der Waals surface area contributed by atoms with E-state index in [0.717, 1.165) is 57.8 Å². The molecule has 2 fully saturated rings. The molecule has 10 heteroatoms. The number of nitrogens with one attached hydrogen (secondary N) is 1. The van der Waals surface area contributed by atoms with Gasteiger partial charge < -0.3 is 14.8 Å². The SMILES string of the molecule is Cl.Cl.FC(F)(F)Oc1ccc([C@@H](C2CCOCC2)N2CCNCC2)cc1Cl. The van der Waals surface area contributed by atoms with Gasteiger partial charge in [0.1, 0.15) is 5.75 Å². The number of rotatable bonds is 4. The fourth-order valence-corrected chi connectivity index (χ4v) is 3.91. The number of hydrogen-bond donors (Lipinski definition) is 1. The van der Waals surface area contributed by atoms with Crippen LogP contribution >= 0.6 is 36.4 Å². The van der Waals surface area contributed by atoms with Crippen LogP contribution in [0.5, 0.6) is 5.75 Å². The second-order valence-corrected chi connectivity index (χ2v) is 6.83. The quantitative estimate of drug-likeness (QED) is 0.733. The average molecular weight is 452 g/mol.